The van der Waals surface area contributed by atoms with Crippen molar-refractivity contribution in [3.05, 3.63) is 107 Å². The Balaban J connectivity index is 1.28. The molecule has 0 bridgehead atoms. The van der Waals surface area contributed by atoms with Crippen LogP contribution in [0.3, 0.4) is 0 Å². The first-order valence-electron chi connectivity index (χ1n) is 15.2. The molecule has 0 heterocycles. The van der Waals surface area contributed by atoms with Crippen molar-refractivity contribution in [2.75, 3.05) is 20.4 Å². The summed E-state index contributed by atoms with van der Waals surface area (Å²) in [5, 5.41) is 15.2. The van der Waals surface area contributed by atoms with Gasteiger partial charge in [-0.25, -0.2) is 0 Å². The predicted octanol–water partition coefficient (Wildman–Crippen LogP) is 9.14. The number of unbranched alkanes of at least 4 members (excludes halogenated alkanes) is 7. The molecule has 4 aromatic rings. The molecule has 0 aliphatic carbocycles. The summed E-state index contributed by atoms with van der Waals surface area (Å²) in [4.78, 5) is 0. The van der Waals surface area contributed by atoms with Crippen LogP contribution < -0.4 is 25.4 Å². The fraction of sp³-hybridized carbons (Fsp3) is 0.351. The molecule has 0 saturated carbocycles. The van der Waals surface area contributed by atoms with Gasteiger partial charge in [-0.05, 0) is 90.5 Å². The molecule has 4 aromatic carbocycles. The quantitative estimate of drug-likeness (QED) is 0.0973. The first-order chi connectivity index (χ1) is 20.5. The van der Waals surface area contributed by atoms with Gasteiger partial charge in [0.05, 0.1) is 24.9 Å². The van der Waals surface area contributed by atoms with Gasteiger partial charge in [0.2, 0.25) is 5.75 Å². The van der Waals surface area contributed by atoms with Crippen molar-refractivity contribution in [2.45, 2.75) is 64.7 Å². The molecule has 0 amide bonds. The van der Waals surface area contributed by atoms with E-state index in [2.05, 4.69) is 107 Å². The van der Waals surface area contributed by atoms with Gasteiger partial charge in [0.25, 0.3) is 0 Å². The number of hydrogen-bond donors (Lipinski definition) is 1. The van der Waals surface area contributed by atoms with E-state index in [9.17, 15) is 5.11 Å². The Morgan fingerprint density at radius 3 is 1.43 bits per heavy atom. The summed E-state index contributed by atoms with van der Waals surface area (Å²) in [5.74, 6) is 1.16. The minimum absolute atomic E-state index is 0.204. The van der Waals surface area contributed by atoms with Crippen molar-refractivity contribution in [3.8, 4) is 17.2 Å². The molecule has 4 rings (SSSR count). The molecule has 0 spiro atoms. The van der Waals surface area contributed by atoms with E-state index in [0.717, 1.165) is 34.9 Å². The van der Waals surface area contributed by atoms with Crippen molar-refractivity contribution >= 4 is 39.1 Å². The molecule has 3 nitrogen and oxygen atoms in total. The van der Waals surface area contributed by atoms with Crippen LogP contribution in [-0.4, -0.2) is 25.5 Å². The maximum absolute atomic E-state index is 10.8. The number of ether oxygens (including phenoxy) is 2. The Morgan fingerprint density at radius 1 is 0.595 bits per heavy atom. The average Bonchev–Trinajstić information content (AvgIpc) is 3.04. The number of hydrogen-bond acceptors (Lipinski definition) is 3. The van der Waals surface area contributed by atoms with E-state index in [1.54, 1.807) is 14.2 Å². The Labute approximate surface area is 261 Å². The largest absolute Gasteiger partial charge is 0.504 e. The molecule has 0 saturated heterocycles. The lowest BCUT2D eigenvalue weighted by Gasteiger charge is -2.27. The van der Waals surface area contributed by atoms with Gasteiger partial charge >= 0.3 is 0 Å². The maximum Gasteiger partial charge on any atom is 0.204 e. The standard InChI is InChI=1S/C37H44BrO3P/c1-29-33(35(39)37(41-3)36(40-2)34(29)38)27-19-8-6-4-5-7-9-20-28-42(30-21-13-10-14-22-30,31-23-15-11-16-24-31)32-25-17-12-18-26-32/h10-18,21-26H,4-9,19-20,27-28H2,1-3H3/p+1. The minimum atomic E-state index is -1.72. The molecule has 0 unspecified atom stereocenters. The summed E-state index contributed by atoms with van der Waals surface area (Å²) in [6.45, 7) is 2.02. The monoisotopic (exact) mass is 647 g/mol. The van der Waals surface area contributed by atoms with Gasteiger partial charge in [0, 0.05) is 5.56 Å². The molecule has 0 radical (unpaired) electrons. The Hall–Kier alpha value is -2.81. The van der Waals surface area contributed by atoms with Crippen LogP contribution in [0, 0.1) is 6.92 Å². The second-order valence-electron chi connectivity index (χ2n) is 11.0. The topological polar surface area (TPSA) is 38.7 Å². The second-order valence-corrected chi connectivity index (χ2v) is 15.4. The lowest BCUT2D eigenvalue weighted by atomic mass is 9.99. The highest BCUT2D eigenvalue weighted by atomic mass is 79.9. The van der Waals surface area contributed by atoms with Crippen LogP contribution in [0.5, 0.6) is 17.2 Å². The average molecular weight is 649 g/mol. The van der Waals surface area contributed by atoms with Crippen molar-refractivity contribution in [1.29, 1.82) is 0 Å². The van der Waals surface area contributed by atoms with Gasteiger partial charge in [-0.15, -0.1) is 0 Å². The number of phenolic OH excluding ortho intramolecular Hbond substituents is 1. The lowest BCUT2D eigenvalue weighted by molar-refractivity contribution is 0.329. The molecule has 222 valence electrons. The Bertz CT molecular complexity index is 1280. The van der Waals surface area contributed by atoms with Gasteiger partial charge in [-0.3, -0.25) is 0 Å². The third-order valence-corrected chi connectivity index (χ3v) is 13.8. The van der Waals surface area contributed by atoms with Gasteiger partial charge in [-0.2, -0.15) is 0 Å². The number of aromatic hydroxyl groups is 1. The van der Waals surface area contributed by atoms with Crippen molar-refractivity contribution in [2.24, 2.45) is 0 Å². The number of halogens is 1. The molecular formula is C37H45BrO3P+. The Morgan fingerprint density at radius 2 is 1.00 bits per heavy atom. The first kappa shape index (κ1) is 32.1. The third kappa shape index (κ3) is 7.39. The van der Waals surface area contributed by atoms with Crippen LogP contribution in [0.25, 0.3) is 0 Å². The zero-order chi connectivity index (χ0) is 29.8. The van der Waals surface area contributed by atoms with Crippen LogP contribution in [0.1, 0.15) is 62.5 Å². The molecule has 0 aliphatic heterocycles. The van der Waals surface area contributed by atoms with Crippen molar-refractivity contribution < 1.29 is 14.6 Å². The maximum atomic E-state index is 10.8. The number of benzene rings is 4. The van der Waals surface area contributed by atoms with E-state index in [1.165, 1.54) is 60.6 Å². The molecular weight excluding hydrogens is 603 g/mol. The summed E-state index contributed by atoms with van der Waals surface area (Å²) >= 11 is 3.62. The molecule has 0 fully saturated rings. The highest BCUT2D eigenvalue weighted by Crippen LogP contribution is 2.56. The molecule has 0 aromatic heterocycles. The number of rotatable bonds is 16. The third-order valence-electron chi connectivity index (χ3n) is 8.36. The highest BCUT2D eigenvalue weighted by Gasteiger charge is 2.44. The Kier molecular flexibility index (Phi) is 12.3. The van der Waals surface area contributed by atoms with Crippen molar-refractivity contribution in [1.82, 2.24) is 0 Å². The van der Waals surface area contributed by atoms with E-state index in [4.69, 9.17) is 9.47 Å². The second kappa shape index (κ2) is 16.1. The van der Waals surface area contributed by atoms with Gasteiger partial charge in [0.1, 0.15) is 23.2 Å². The van der Waals surface area contributed by atoms with Crippen molar-refractivity contribution in [3.63, 3.8) is 0 Å². The van der Waals surface area contributed by atoms with Crippen LogP contribution in [0.4, 0.5) is 0 Å². The highest BCUT2D eigenvalue weighted by molar-refractivity contribution is 9.10. The molecule has 0 atom stereocenters. The number of methoxy groups -OCH3 is 2. The minimum Gasteiger partial charge on any atom is -0.504 e. The van der Waals surface area contributed by atoms with E-state index >= 15 is 0 Å². The van der Waals surface area contributed by atoms with Crippen LogP contribution in [-0.2, 0) is 6.42 Å². The van der Waals surface area contributed by atoms with Crippen LogP contribution in [0.15, 0.2) is 95.5 Å². The van der Waals surface area contributed by atoms with Gasteiger partial charge < -0.3 is 14.6 Å². The fourth-order valence-corrected chi connectivity index (χ4v) is 11.1. The van der Waals surface area contributed by atoms with E-state index < -0.39 is 7.26 Å². The smallest absolute Gasteiger partial charge is 0.204 e. The molecule has 0 aliphatic rings. The van der Waals surface area contributed by atoms with Gasteiger partial charge in [0.15, 0.2) is 11.5 Å². The van der Waals surface area contributed by atoms with E-state index in [1.807, 2.05) is 6.92 Å². The SMILES string of the molecule is COc1c(O)c(CCCCCCCCCC[P+](c2ccccc2)(c2ccccc2)c2ccccc2)c(C)c(Br)c1OC. The summed E-state index contributed by atoms with van der Waals surface area (Å²) in [5.41, 5.74) is 1.96. The van der Waals surface area contributed by atoms with Crippen LogP contribution in [0.2, 0.25) is 0 Å². The fourth-order valence-electron chi connectivity index (χ4n) is 6.10. The molecule has 1 N–H and O–H groups in total. The predicted molar refractivity (Wildman–Crippen MR) is 184 cm³/mol. The summed E-state index contributed by atoms with van der Waals surface area (Å²) < 4.78 is 11.7. The van der Waals surface area contributed by atoms with E-state index in [0.29, 0.717) is 11.5 Å². The van der Waals surface area contributed by atoms with Gasteiger partial charge in [-0.1, -0.05) is 86.7 Å². The molecule has 5 heteroatoms. The summed E-state index contributed by atoms with van der Waals surface area (Å²) in [7, 11) is 1.44. The zero-order valence-electron chi connectivity index (χ0n) is 25.3. The van der Waals surface area contributed by atoms with E-state index in [-0.39, 0.29) is 5.75 Å². The lowest BCUT2D eigenvalue weighted by Crippen LogP contribution is -2.33. The zero-order valence-corrected chi connectivity index (χ0v) is 27.8. The first-order valence-corrected chi connectivity index (χ1v) is 18.0. The summed E-state index contributed by atoms with van der Waals surface area (Å²) in [6.07, 6.45) is 11.8. The summed E-state index contributed by atoms with van der Waals surface area (Å²) in [6, 6.07) is 33.6. The molecule has 42 heavy (non-hydrogen) atoms. The van der Waals surface area contributed by atoms with Crippen LogP contribution >= 0.6 is 23.2 Å². The number of phenols is 1. The normalized spacial score (nSPS) is 11.4.